The molecule has 0 atom stereocenters. The molecule has 0 amide bonds. The van der Waals surface area contributed by atoms with E-state index < -0.39 is 0 Å². The summed E-state index contributed by atoms with van der Waals surface area (Å²) in [7, 11) is 8.70. The van der Waals surface area contributed by atoms with Gasteiger partial charge >= 0.3 is 0 Å². The topological polar surface area (TPSA) is 58.5 Å². The number of nitrogens with two attached hydrogens (primary N) is 2. The lowest BCUT2D eigenvalue weighted by molar-refractivity contribution is 0.196. The largest absolute Gasteiger partial charge is 0.330 e. The van der Waals surface area contributed by atoms with Crippen molar-refractivity contribution in [3.05, 3.63) is 0 Å². The summed E-state index contributed by atoms with van der Waals surface area (Å²) in [6, 6.07) is 1.63. The van der Waals surface area contributed by atoms with Crippen LogP contribution in [-0.4, -0.2) is 63.2 Å². The van der Waals surface area contributed by atoms with E-state index in [2.05, 4.69) is 38.0 Å². The number of nitrogens with zero attached hydrogens (tertiary/aromatic N) is 2. The molecule has 2 saturated carbocycles. The van der Waals surface area contributed by atoms with Gasteiger partial charge in [-0.05, 0) is 104 Å². The Morgan fingerprint density at radius 3 is 0.923 bits per heavy atom. The highest BCUT2D eigenvalue weighted by atomic mass is 35.5. The standard InChI is InChI=1S/2C9H20N2.4ClH/c2*1-11(2)9-5-3-8(7-10)4-6-9;;;;/h2*8-9H,3-7,10H2,1-2H3;4*1H. The Kier molecular flexibility index (Phi) is 25.6. The highest BCUT2D eigenvalue weighted by molar-refractivity contribution is 5.86. The van der Waals surface area contributed by atoms with Crippen molar-refractivity contribution < 1.29 is 0 Å². The van der Waals surface area contributed by atoms with Crippen molar-refractivity contribution in [2.75, 3.05) is 41.3 Å². The van der Waals surface area contributed by atoms with Crippen LogP contribution in [0.1, 0.15) is 51.4 Å². The molecule has 2 fully saturated rings. The van der Waals surface area contributed by atoms with E-state index in [0.29, 0.717) is 0 Å². The van der Waals surface area contributed by atoms with Gasteiger partial charge in [-0.2, -0.15) is 0 Å². The molecule has 0 unspecified atom stereocenters. The first kappa shape index (κ1) is 34.5. The van der Waals surface area contributed by atoms with Crippen LogP contribution in [0, 0.1) is 11.8 Å². The lowest BCUT2D eigenvalue weighted by Crippen LogP contribution is -2.33. The van der Waals surface area contributed by atoms with E-state index in [0.717, 1.165) is 37.0 Å². The maximum atomic E-state index is 5.61. The Morgan fingerprint density at radius 1 is 0.538 bits per heavy atom. The molecule has 2 aliphatic rings. The zero-order valence-corrected chi connectivity index (χ0v) is 20.3. The van der Waals surface area contributed by atoms with E-state index >= 15 is 0 Å². The smallest absolute Gasteiger partial charge is 0.00893 e. The second-order valence-electron chi connectivity index (χ2n) is 7.75. The van der Waals surface area contributed by atoms with Crippen molar-refractivity contribution in [1.82, 2.24) is 9.80 Å². The average Bonchev–Trinajstić information content (AvgIpc) is 2.55. The molecule has 2 rings (SSSR count). The van der Waals surface area contributed by atoms with Crippen molar-refractivity contribution in [3.63, 3.8) is 0 Å². The zero-order chi connectivity index (χ0) is 16.5. The molecule has 0 heterocycles. The normalized spacial score (nSPS) is 27.7. The molecule has 0 aromatic rings. The predicted molar refractivity (Wildman–Crippen MR) is 126 cm³/mol. The van der Waals surface area contributed by atoms with Crippen LogP contribution in [0.4, 0.5) is 0 Å². The molecule has 0 aliphatic heterocycles. The SMILES string of the molecule is CN(C)C1CCC(CN)CC1.CN(C)C1CCC(CN)CC1.Cl.Cl.Cl.Cl. The summed E-state index contributed by atoms with van der Waals surface area (Å²) in [6.07, 6.45) is 10.7. The van der Waals surface area contributed by atoms with Gasteiger partial charge in [0.05, 0.1) is 0 Å². The lowest BCUT2D eigenvalue weighted by atomic mass is 9.86. The van der Waals surface area contributed by atoms with Crippen molar-refractivity contribution in [2.24, 2.45) is 23.3 Å². The van der Waals surface area contributed by atoms with Crippen molar-refractivity contribution >= 4 is 49.6 Å². The van der Waals surface area contributed by atoms with Gasteiger partial charge in [-0.15, -0.1) is 49.6 Å². The second kappa shape index (κ2) is 19.3. The summed E-state index contributed by atoms with van der Waals surface area (Å²) in [5.74, 6) is 1.62. The minimum atomic E-state index is 0. The first-order valence-electron chi connectivity index (χ1n) is 9.20. The van der Waals surface area contributed by atoms with Crippen LogP contribution in [0.3, 0.4) is 0 Å². The summed E-state index contributed by atoms with van der Waals surface area (Å²) >= 11 is 0. The lowest BCUT2D eigenvalue weighted by Gasteiger charge is -2.31. The maximum Gasteiger partial charge on any atom is 0.00893 e. The highest BCUT2D eigenvalue weighted by Gasteiger charge is 2.21. The van der Waals surface area contributed by atoms with Gasteiger partial charge < -0.3 is 21.3 Å². The van der Waals surface area contributed by atoms with Gasteiger partial charge in [0, 0.05) is 12.1 Å². The van der Waals surface area contributed by atoms with E-state index in [-0.39, 0.29) is 49.6 Å². The van der Waals surface area contributed by atoms with Crippen LogP contribution in [0.15, 0.2) is 0 Å². The molecule has 164 valence electrons. The fraction of sp³-hybridized carbons (Fsp3) is 1.00. The van der Waals surface area contributed by atoms with Gasteiger partial charge in [-0.3, -0.25) is 0 Å². The number of hydrogen-bond donors (Lipinski definition) is 2. The van der Waals surface area contributed by atoms with E-state index in [1.807, 2.05) is 0 Å². The van der Waals surface area contributed by atoms with Crippen LogP contribution in [0.5, 0.6) is 0 Å². The monoisotopic (exact) mass is 456 g/mol. The fourth-order valence-electron chi connectivity index (χ4n) is 3.79. The molecular formula is C18H44Cl4N4. The van der Waals surface area contributed by atoms with E-state index in [4.69, 9.17) is 11.5 Å². The van der Waals surface area contributed by atoms with E-state index in [9.17, 15) is 0 Å². The average molecular weight is 458 g/mol. The molecule has 0 aromatic carbocycles. The first-order chi connectivity index (χ1) is 10.5. The zero-order valence-electron chi connectivity index (χ0n) is 17.1. The van der Waals surface area contributed by atoms with Crippen molar-refractivity contribution in [1.29, 1.82) is 0 Å². The highest BCUT2D eigenvalue weighted by Crippen LogP contribution is 2.26. The summed E-state index contributed by atoms with van der Waals surface area (Å²) < 4.78 is 0. The molecule has 0 radical (unpaired) electrons. The van der Waals surface area contributed by atoms with Crippen molar-refractivity contribution in [2.45, 2.75) is 63.5 Å². The van der Waals surface area contributed by atoms with Gasteiger partial charge in [-0.25, -0.2) is 0 Å². The van der Waals surface area contributed by atoms with Gasteiger partial charge in [0.25, 0.3) is 0 Å². The molecule has 26 heavy (non-hydrogen) atoms. The molecule has 8 heteroatoms. The fourth-order valence-corrected chi connectivity index (χ4v) is 3.79. The summed E-state index contributed by atoms with van der Waals surface area (Å²) in [5, 5.41) is 0. The third-order valence-corrected chi connectivity index (χ3v) is 5.76. The molecule has 0 saturated heterocycles. The number of hydrogen-bond acceptors (Lipinski definition) is 4. The Labute approximate surface area is 187 Å². The molecule has 0 aromatic heterocycles. The van der Waals surface area contributed by atoms with Crippen LogP contribution in [0.2, 0.25) is 0 Å². The summed E-state index contributed by atoms with van der Waals surface area (Å²) in [4.78, 5) is 4.68. The Hall–Kier alpha value is 1.00. The number of halogens is 4. The molecule has 4 nitrogen and oxygen atoms in total. The Bertz CT molecular complexity index is 252. The van der Waals surface area contributed by atoms with Crippen LogP contribution >= 0.6 is 49.6 Å². The minimum Gasteiger partial charge on any atom is -0.330 e. The molecule has 0 bridgehead atoms. The molecule has 2 aliphatic carbocycles. The third-order valence-electron chi connectivity index (χ3n) is 5.76. The van der Waals surface area contributed by atoms with E-state index in [1.54, 1.807) is 0 Å². The van der Waals surface area contributed by atoms with E-state index in [1.165, 1.54) is 51.4 Å². The Morgan fingerprint density at radius 2 is 0.769 bits per heavy atom. The second-order valence-corrected chi connectivity index (χ2v) is 7.75. The van der Waals surface area contributed by atoms with Crippen LogP contribution in [-0.2, 0) is 0 Å². The minimum absolute atomic E-state index is 0. The molecular weight excluding hydrogens is 414 g/mol. The van der Waals surface area contributed by atoms with Crippen LogP contribution < -0.4 is 11.5 Å². The quantitative estimate of drug-likeness (QED) is 0.673. The third kappa shape index (κ3) is 13.2. The van der Waals surface area contributed by atoms with Gasteiger partial charge in [0.15, 0.2) is 0 Å². The molecule has 0 spiro atoms. The predicted octanol–water partition coefficient (Wildman–Crippen LogP) is 3.82. The summed E-state index contributed by atoms with van der Waals surface area (Å²) in [5.41, 5.74) is 11.2. The van der Waals surface area contributed by atoms with Gasteiger partial charge in [0.2, 0.25) is 0 Å². The van der Waals surface area contributed by atoms with Crippen molar-refractivity contribution in [3.8, 4) is 0 Å². The number of rotatable bonds is 4. The molecule has 4 N–H and O–H groups in total. The van der Waals surface area contributed by atoms with Crippen LogP contribution in [0.25, 0.3) is 0 Å². The summed E-state index contributed by atoms with van der Waals surface area (Å²) in [6.45, 7) is 1.78. The maximum absolute atomic E-state index is 5.61. The Balaban J connectivity index is -0.000000161. The van der Waals surface area contributed by atoms with Gasteiger partial charge in [0.1, 0.15) is 0 Å². The first-order valence-corrected chi connectivity index (χ1v) is 9.20. The van der Waals surface area contributed by atoms with Gasteiger partial charge in [-0.1, -0.05) is 0 Å².